The normalized spacial score (nSPS) is 19.1. The molecule has 1 aromatic heterocycles. The van der Waals surface area contributed by atoms with Crippen LogP contribution in [0.4, 0.5) is 0 Å². The van der Waals surface area contributed by atoms with Gasteiger partial charge in [-0.05, 0) is 50.5 Å². The van der Waals surface area contributed by atoms with Crippen LogP contribution in [0, 0.1) is 0 Å². The molecule has 1 spiro atoms. The van der Waals surface area contributed by atoms with Crippen molar-refractivity contribution in [3.63, 3.8) is 0 Å². The third-order valence-corrected chi connectivity index (χ3v) is 6.32. The van der Waals surface area contributed by atoms with Gasteiger partial charge in [-0.1, -0.05) is 29.8 Å². The minimum Gasteiger partial charge on any atom is -0.455 e. The Bertz CT molecular complexity index is 819. The molecule has 0 atom stereocenters. The molecule has 2 aromatic rings. The first-order valence-corrected chi connectivity index (χ1v) is 10.5. The molecule has 0 unspecified atom stereocenters. The quantitative estimate of drug-likeness (QED) is 0.556. The van der Waals surface area contributed by atoms with Crippen LogP contribution < -0.4 is 0 Å². The average Bonchev–Trinajstić information content (AvgIpc) is 3.16. The molecule has 1 saturated heterocycles. The monoisotopic (exact) mass is 383 g/mol. The highest BCUT2D eigenvalue weighted by Crippen LogP contribution is 2.33. The maximum absolute atomic E-state index is 12.8. The number of benzene rings is 1. The molecule has 1 aromatic carbocycles. The van der Waals surface area contributed by atoms with Crippen LogP contribution in [-0.2, 0) is 10.5 Å². The number of likely N-dealkylation sites (tertiary alicyclic amines) is 1. The Kier molecular flexibility index (Phi) is 5.41. The number of hydrogen-bond acceptors (Lipinski definition) is 4. The van der Waals surface area contributed by atoms with E-state index in [-0.39, 0.29) is 11.5 Å². The maximum Gasteiger partial charge on any atom is 0.289 e. The molecule has 0 aliphatic carbocycles. The molecular formula is C22H25NO3S. The summed E-state index contributed by atoms with van der Waals surface area (Å²) in [6, 6.07) is 13.9. The fraction of sp³-hybridized carbons (Fsp3) is 0.409. The molecule has 4 nitrogen and oxygen atoms in total. The van der Waals surface area contributed by atoms with Crippen molar-refractivity contribution in [3.8, 4) is 0 Å². The third kappa shape index (κ3) is 4.30. The summed E-state index contributed by atoms with van der Waals surface area (Å²) in [6.45, 7) is 4.37. The van der Waals surface area contributed by atoms with Crippen LogP contribution in [0.1, 0.15) is 42.5 Å². The number of ether oxygens (including phenoxy) is 1. The van der Waals surface area contributed by atoms with Crippen molar-refractivity contribution in [3.05, 3.63) is 65.6 Å². The van der Waals surface area contributed by atoms with Gasteiger partial charge in [0.1, 0.15) is 5.76 Å². The Morgan fingerprint density at radius 1 is 1.15 bits per heavy atom. The second kappa shape index (κ2) is 7.95. The minimum atomic E-state index is -0.167. The maximum atomic E-state index is 12.8. The molecule has 3 heterocycles. The van der Waals surface area contributed by atoms with Crippen LogP contribution in [0.25, 0.3) is 0 Å². The fourth-order valence-electron chi connectivity index (χ4n) is 3.75. The predicted molar refractivity (Wildman–Crippen MR) is 107 cm³/mol. The van der Waals surface area contributed by atoms with Crippen molar-refractivity contribution < 1.29 is 13.9 Å². The van der Waals surface area contributed by atoms with Crippen LogP contribution >= 0.6 is 11.8 Å². The summed E-state index contributed by atoms with van der Waals surface area (Å²) in [7, 11) is 0. The van der Waals surface area contributed by atoms with Crippen LogP contribution in [0.2, 0.25) is 0 Å². The van der Waals surface area contributed by atoms with E-state index in [2.05, 4.69) is 25.1 Å². The van der Waals surface area contributed by atoms with Gasteiger partial charge in [-0.3, -0.25) is 4.79 Å². The zero-order chi connectivity index (χ0) is 18.7. The van der Waals surface area contributed by atoms with Crippen molar-refractivity contribution in [2.24, 2.45) is 0 Å². The predicted octanol–water partition coefficient (Wildman–Crippen LogP) is 4.91. The van der Waals surface area contributed by atoms with Gasteiger partial charge in [-0.15, -0.1) is 11.8 Å². The van der Waals surface area contributed by atoms with E-state index in [1.165, 1.54) is 10.5 Å². The number of amides is 1. The molecule has 142 valence electrons. The second-order valence-corrected chi connectivity index (χ2v) is 8.36. The third-order valence-electron chi connectivity index (χ3n) is 5.29. The molecule has 0 N–H and O–H groups in total. The Morgan fingerprint density at radius 3 is 2.67 bits per heavy atom. The van der Waals surface area contributed by atoms with Gasteiger partial charge in [-0.2, -0.15) is 0 Å². The molecule has 0 radical (unpaired) electrons. The molecule has 5 heteroatoms. The van der Waals surface area contributed by atoms with Crippen LogP contribution in [-0.4, -0.2) is 36.1 Å². The average molecular weight is 384 g/mol. The molecule has 1 fully saturated rings. The molecule has 2 aliphatic heterocycles. The van der Waals surface area contributed by atoms with Gasteiger partial charge < -0.3 is 14.1 Å². The van der Waals surface area contributed by atoms with Crippen LogP contribution in [0.15, 0.2) is 63.4 Å². The molecule has 2 aliphatic rings. The highest BCUT2D eigenvalue weighted by atomic mass is 32.2. The van der Waals surface area contributed by atoms with E-state index in [9.17, 15) is 4.79 Å². The van der Waals surface area contributed by atoms with Gasteiger partial charge in [0.15, 0.2) is 5.76 Å². The van der Waals surface area contributed by atoms with Crippen molar-refractivity contribution in [1.82, 2.24) is 4.90 Å². The lowest BCUT2D eigenvalue weighted by Crippen LogP contribution is -2.48. The topological polar surface area (TPSA) is 42.7 Å². The number of carbonyl (C=O) groups excluding carboxylic acids is 1. The second-order valence-electron chi connectivity index (χ2n) is 7.31. The van der Waals surface area contributed by atoms with Crippen molar-refractivity contribution in [1.29, 1.82) is 0 Å². The van der Waals surface area contributed by atoms with Gasteiger partial charge in [-0.25, -0.2) is 0 Å². The lowest BCUT2D eigenvalue weighted by molar-refractivity contribution is -0.0525. The summed E-state index contributed by atoms with van der Waals surface area (Å²) in [4.78, 5) is 15.9. The zero-order valence-corrected chi connectivity index (χ0v) is 16.5. The highest BCUT2D eigenvalue weighted by molar-refractivity contribution is 7.98. The van der Waals surface area contributed by atoms with E-state index < -0.39 is 0 Å². The highest BCUT2D eigenvalue weighted by Gasteiger charge is 2.37. The van der Waals surface area contributed by atoms with Crippen LogP contribution in [0.5, 0.6) is 0 Å². The van der Waals surface area contributed by atoms with Gasteiger partial charge in [0, 0.05) is 18.0 Å². The molecule has 0 bridgehead atoms. The lowest BCUT2D eigenvalue weighted by atomic mass is 9.87. The molecule has 0 saturated carbocycles. The number of rotatable bonds is 4. The van der Waals surface area contributed by atoms with E-state index in [0.29, 0.717) is 18.8 Å². The van der Waals surface area contributed by atoms with E-state index in [1.807, 2.05) is 29.2 Å². The summed E-state index contributed by atoms with van der Waals surface area (Å²) in [5, 5.41) is 0. The Balaban J connectivity index is 1.34. The summed E-state index contributed by atoms with van der Waals surface area (Å²) in [5.74, 6) is 1.97. The SMILES string of the molecule is CC1=CC2(CCN(C(=O)c3ccc(CSc4ccccc4)o3)CC2)OCC1. The zero-order valence-electron chi connectivity index (χ0n) is 15.6. The van der Waals surface area contributed by atoms with Gasteiger partial charge >= 0.3 is 0 Å². The van der Waals surface area contributed by atoms with Crippen LogP contribution in [0.3, 0.4) is 0 Å². The fourth-order valence-corrected chi connectivity index (χ4v) is 4.57. The number of carbonyl (C=O) groups is 1. The number of hydrogen-bond donors (Lipinski definition) is 0. The Morgan fingerprint density at radius 2 is 1.93 bits per heavy atom. The minimum absolute atomic E-state index is 0.0164. The Hall–Kier alpha value is -1.98. The summed E-state index contributed by atoms with van der Waals surface area (Å²) >= 11 is 1.71. The molecule has 27 heavy (non-hydrogen) atoms. The first-order valence-electron chi connectivity index (χ1n) is 9.52. The molecule has 4 rings (SSSR count). The molecular weight excluding hydrogens is 358 g/mol. The van der Waals surface area contributed by atoms with Gasteiger partial charge in [0.25, 0.3) is 5.91 Å². The van der Waals surface area contributed by atoms with E-state index in [0.717, 1.165) is 37.4 Å². The van der Waals surface area contributed by atoms with Gasteiger partial charge in [0.05, 0.1) is 18.0 Å². The number of thioether (sulfide) groups is 1. The summed E-state index contributed by atoms with van der Waals surface area (Å²) in [6.07, 6.45) is 4.99. The summed E-state index contributed by atoms with van der Waals surface area (Å²) < 4.78 is 11.9. The standard InChI is InChI=1S/C22H25NO3S/c1-17-9-14-25-22(15-17)10-12-23(13-11-22)21(24)20-8-7-18(26-20)16-27-19-5-3-2-4-6-19/h2-8,15H,9-14,16H2,1H3. The van der Waals surface area contributed by atoms with E-state index in [1.54, 1.807) is 17.8 Å². The van der Waals surface area contributed by atoms with E-state index in [4.69, 9.17) is 9.15 Å². The first kappa shape index (κ1) is 18.4. The summed E-state index contributed by atoms with van der Waals surface area (Å²) in [5.41, 5.74) is 1.23. The smallest absolute Gasteiger partial charge is 0.289 e. The van der Waals surface area contributed by atoms with Crippen molar-refractivity contribution >= 4 is 17.7 Å². The van der Waals surface area contributed by atoms with Crippen molar-refractivity contribution in [2.75, 3.05) is 19.7 Å². The van der Waals surface area contributed by atoms with Gasteiger partial charge in [0.2, 0.25) is 0 Å². The number of furan rings is 1. The lowest BCUT2D eigenvalue weighted by Gasteiger charge is -2.41. The molecule has 1 amide bonds. The number of piperidine rings is 1. The first-order chi connectivity index (χ1) is 13.1. The number of nitrogens with zero attached hydrogens (tertiary/aromatic N) is 1. The largest absolute Gasteiger partial charge is 0.455 e. The van der Waals surface area contributed by atoms with Crippen molar-refractivity contribution in [2.45, 2.75) is 42.4 Å². The Labute approximate surface area is 164 Å². The van der Waals surface area contributed by atoms with E-state index >= 15 is 0 Å².